The fourth-order valence-corrected chi connectivity index (χ4v) is 1.79. The molecule has 0 saturated heterocycles. The molecule has 0 aromatic heterocycles. The second-order valence-electron chi connectivity index (χ2n) is 5.03. The number of methoxy groups -OCH3 is 1. The van der Waals surface area contributed by atoms with Crippen LogP contribution in [0.5, 0.6) is 5.75 Å². The van der Waals surface area contributed by atoms with Crippen molar-refractivity contribution in [2.24, 2.45) is 0 Å². The quantitative estimate of drug-likeness (QED) is 0.820. The summed E-state index contributed by atoms with van der Waals surface area (Å²) in [7, 11) is 4.91. The number of carbonyl (C=O) groups excluding carboxylic acids is 1. The molecule has 1 aromatic carbocycles. The Morgan fingerprint density at radius 3 is 2.50 bits per heavy atom. The zero-order chi connectivity index (χ0) is 16.0. The Labute approximate surface area is 137 Å². The average molecular weight is 331 g/mol. The van der Waals surface area contributed by atoms with Crippen molar-refractivity contribution in [3.05, 3.63) is 29.8 Å². The number of carboxylic acids is 1. The molecule has 7 heteroatoms. The number of nitrogens with zero attached hydrogens (tertiary/aromatic N) is 2. The van der Waals surface area contributed by atoms with Crippen LogP contribution < -0.4 is 4.74 Å². The summed E-state index contributed by atoms with van der Waals surface area (Å²) < 4.78 is 5.14. The molecule has 0 heterocycles. The summed E-state index contributed by atoms with van der Waals surface area (Å²) >= 11 is 0. The van der Waals surface area contributed by atoms with E-state index in [0.29, 0.717) is 6.54 Å². The number of carbonyl (C=O) groups is 2. The van der Waals surface area contributed by atoms with Gasteiger partial charge >= 0.3 is 5.97 Å². The summed E-state index contributed by atoms with van der Waals surface area (Å²) in [6.45, 7) is 2.07. The summed E-state index contributed by atoms with van der Waals surface area (Å²) in [5.41, 5.74) is 0.958. The fourth-order valence-electron chi connectivity index (χ4n) is 1.79. The van der Waals surface area contributed by atoms with Crippen molar-refractivity contribution in [1.29, 1.82) is 0 Å². The first-order valence-corrected chi connectivity index (χ1v) is 6.65. The van der Waals surface area contributed by atoms with Crippen LogP contribution in [0.4, 0.5) is 0 Å². The molecular weight excluding hydrogens is 308 g/mol. The van der Waals surface area contributed by atoms with Crippen molar-refractivity contribution >= 4 is 24.3 Å². The molecule has 0 aliphatic heterocycles. The van der Waals surface area contributed by atoms with Crippen LogP contribution in [-0.2, 0) is 16.1 Å². The van der Waals surface area contributed by atoms with Gasteiger partial charge in [-0.2, -0.15) is 0 Å². The van der Waals surface area contributed by atoms with Gasteiger partial charge in [0.2, 0.25) is 5.91 Å². The SMILES string of the molecule is COc1cccc(CN(C)C(=O)CN(C)C(C)C(=O)O)c1.Cl. The van der Waals surface area contributed by atoms with E-state index in [-0.39, 0.29) is 24.9 Å². The molecule has 0 spiro atoms. The summed E-state index contributed by atoms with van der Waals surface area (Å²) in [4.78, 5) is 26.0. The maximum Gasteiger partial charge on any atom is 0.320 e. The van der Waals surface area contributed by atoms with Crippen molar-refractivity contribution in [2.75, 3.05) is 27.7 Å². The topological polar surface area (TPSA) is 70.1 Å². The number of halogens is 1. The third-order valence-corrected chi connectivity index (χ3v) is 3.38. The molecule has 1 atom stereocenters. The molecule has 1 unspecified atom stereocenters. The fraction of sp³-hybridized carbons (Fsp3) is 0.467. The maximum atomic E-state index is 12.1. The number of amides is 1. The van der Waals surface area contributed by atoms with Gasteiger partial charge < -0.3 is 14.7 Å². The second-order valence-corrected chi connectivity index (χ2v) is 5.03. The number of hydrogen-bond acceptors (Lipinski definition) is 4. The minimum absolute atomic E-state index is 0. The lowest BCUT2D eigenvalue weighted by molar-refractivity contribution is -0.143. The van der Waals surface area contributed by atoms with Crippen molar-refractivity contribution < 1.29 is 19.4 Å². The first kappa shape index (κ1) is 20.2. The largest absolute Gasteiger partial charge is 0.497 e. The zero-order valence-electron chi connectivity index (χ0n) is 13.3. The van der Waals surface area contributed by atoms with E-state index in [1.807, 2.05) is 24.3 Å². The molecule has 0 fully saturated rings. The minimum Gasteiger partial charge on any atom is -0.497 e. The normalized spacial score (nSPS) is 11.5. The van der Waals surface area contributed by atoms with Gasteiger partial charge in [-0.3, -0.25) is 14.5 Å². The van der Waals surface area contributed by atoms with E-state index in [9.17, 15) is 9.59 Å². The molecular formula is C15H23ClN2O4. The molecule has 0 aliphatic carbocycles. The van der Waals surface area contributed by atoms with Crippen LogP contribution in [-0.4, -0.2) is 60.6 Å². The van der Waals surface area contributed by atoms with E-state index in [2.05, 4.69) is 0 Å². The third-order valence-electron chi connectivity index (χ3n) is 3.38. The number of likely N-dealkylation sites (N-methyl/N-ethyl adjacent to an activating group) is 2. The third kappa shape index (κ3) is 5.91. The predicted molar refractivity (Wildman–Crippen MR) is 86.4 cm³/mol. The van der Waals surface area contributed by atoms with E-state index in [4.69, 9.17) is 9.84 Å². The van der Waals surface area contributed by atoms with Crippen molar-refractivity contribution in [2.45, 2.75) is 19.5 Å². The van der Waals surface area contributed by atoms with Gasteiger partial charge in [0.05, 0.1) is 13.7 Å². The van der Waals surface area contributed by atoms with Crippen LogP contribution in [0.15, 0.2) is 24.3 Å². The predicted octanol–water partition coefficient (Wildman–Crippen LogP) is 1.48. The summed E-state index contributed by atoms with van der Waals surface area (Å²) in [5.74, 6) is -0.334. The lowest BCUT2D eigenvalue weighted by Crippen LogP contribution is -2.43. The highest BCUT2D eigenvalue weighted by atomic mass is 35.5. The van der Waals surface area contributed by atoms with E-state index in [1.165, 1.54) is 4.90 Å². The highest BCUT2D eigenvalue weighted by Crippen LogP contribution is 2.14. The van der Waals surface area contributed by atoms with Crippen LogP contribution in [0.1, 0.15) is 12.5 Å². The Morgan fingerprint density at radius 2 is 1.95 bits per heavy atom. The molecule has 1 aromatic rings. The standard InChI is InChI=1S/C15H22N2O4.ClH/c1-11(15(19)20)16(2)10-14(18)17(3)9-12-6-5-7-13(8-12)21-4;/h5-8,11H,9-10H2,1-4H3,(H,19,20);1H. The Hall–Kier alpha value is -1.79. The Bertz CT molecular complexity index is 510. The van der Waals surface area contributed by atoms with Crippen LogP contribution in [0.3, 0.4) is 0 Å². The molecule has 1 rings (SSSR count). The lowest BCUT2D eigenvalue weighted by Gasteiger charge is -2.24. The monoisotopic (exact) mass is 330 g/mol. The first-order valence-electron chi connectivity index (χ1n) is 6.65. The number of rotatable bonds is 7. The number of ether oxygens (including phenoxy) is 1. The molecule has 0 radical (unpaired) electrons. The van der Waals surface area contributed by atoms with Crippen molar-refractivity contribution in [3.63, 3.8) is 0 Å². The van der Waals surface area contributed by atoms with Gasteiger partial charge in [-0.15, -0.1) is 12.4 Å². The van der Waals surface area contributed by atoms with E-state index in [0.717, 1.165) is 11.3 Å². The molecule has 0 saturated carbocycles. The molecule has 0 aliphatic rings. The van der Waals surface area contributed by atoms with Gasteiger partial charge in [0, 0.05) is 13.6 Å². The Balaban J connectivity index is 0.00000441. The van der Waals surface area contributed by atoms with Gasteiger partial charge in [0.15, 0.2) is 0 Å². The molecule has 1 N–H and O–H groups in total. The Kier molecular flexibility index (Phi) is 8.52. The molecule has 1 amide bonds. The number of aliphatic carboxylic acids is 1. The zero-order valence-corrected chi connectivity index (χ0v) is 14.1. The molecule has 124 valence electrons. The minimum atomic E-state index is -0.944. The Morgan fingerprint density at radius 1 is 1.32 bits per heavy atom. The van der Waals surface area contributed by atoms with Crippen molar-refractivity contribution in [1.82, 2.24) is 9.80 Å². The number of hydrogen-bond donors (Lipinski definition) is 1. The van der Waals surface area contributed by atoms with Gasteiger partial charge in [-0.05, 0) is 31.7 Å². The summed E-state index contributed by atoms with van der Waals surface area (Å²) in [6.07, 6.45) is 0. The molecule has 6 nitrogen and oxygen atoms in total. The van der Waals surface area contributed by atoms with Crippen LogP contribution in [0, 0.1) is 0 Å². The molecule has 22 heavy (non-hydrogen) atoms. The van der Waals surface area contributed by atoms with Crippen LogP contribution in [0.2, 0.25) is 0 Å². The summed E-state index contributed by atoms with van der Waals surface area (Å²) in [5, 5.41) is 8.92. The van der Waals surface area contributed by atoms with Gasteiger partial charge in [0.1, 0.15) is 11.8 Å². The van der Waals surface area contributed by atoms with Gasteiger partial charge in [-0.25, -0.2) is 0 Å². The van der Waals surface area contributed by atoms with E-state index < -0.39 is 12.0 Å². The molecule has 0 bridgehead atoms. The number of benzene rings is 1. The van der Waals surface area contributed by atoms with Crippen molar-refractivity contribution in [3.8, 4) is 5.75 Å². The second kappa shape index (κ2) is 9.27. The van der Waals surface area contributed by atoms with E-state index in [1.54, 1.807) is 33.0 Å². The average Bonchev–Trinajstić information content (AvgIpc) is 2.46. The highest BCUT2D eigenvalue weighted by molar-refractivity contribution is 5.85. The van der Waals surface area contributed by atoms with Crippen LogP contribution in [0.25, 0.3) is 0 Å². The lowest BCUT2D eigenvalue weighted by atomic mass is 10.2. The summed E-state index contributed by atoms with van der Waals surface area (Å²) in [6, 6.07) is 6.79. The highest BCUT2D eigenvalue weighted by Gasteiger charge is 2.20. The number of carboxylic acid groups (broad SMARTS) is 1. The smallest absolute Gasteiger partial charge is 0.320 e. The van der Waals surface area contributed by atoms with Gasteiger partial charge in [-0.1, -0.05) is 12.1 Å². The van der Waals surface area contributed by atoms with Crippen LogP contribution >= 0.6 is 12.4 Å². The first-order chi connectivity index (χ1) is 9.85. The van der Waals surface area contributed by atoms with E-state index >= 15 is 0 Å². The van der Waals surface area contributed by atoms with Gasteiger partial charge in [0.25, 0.3) is 0 Å². The maximum absolute atomic E-state index is 12.1.